The summed E-state index contributed by atoms with van der Waals surface area (Å²) < 4.78 is 17.1. The van der Waals surface area contributed by atoms with Crippen LogP contribution in [0.1, 0.15) is 53.7 Å². The molecule has 0 spiro atoms. The Balaban J connectivity index is 1.30. The number of rotatable bonds is 3. The molecule has 0 saturated carbocycles. The largest absolute Gasteiger partial charge is 0.491 e. The van der Waals surface area contributed by atoms with Crippen molar-refractivity contribution in [3.8, 4) is 16.9 Å². The molecule has 1 heterocycles. The summed E-state index contributed by atoms with van der Waals surface area (Å²) in [7, 11) is 0. The van der Waals surface area contributed by atoms with Gasteiger partial charge in [-0.2, -0.15) is 0 Å². The Kier molecular flexibility index (Phi) is 6.08. The summed E-state index contributed by atoms with van der Waals surface area (Å²) in [6, 6.07) is 19.7. The maximum Gasteiger partial charge on any atom is 0.410 e. The van der Waals surface area contributed by atoms with Gasteiger partial charge in [-0.15, -0.1) is 0 Å². The number of fused-ring (bicyclic) bond motifs is 4. The molecule has 0 aromatic heterocycles. The average Bonchev–Trinajstić information content (AvgIpc) is 3.00. The summed E-state index contributed by atoms with van der Waals surface area (Å²) in [6.45, 7) is 6.54. The molecule has 1 aliphatic carbocycles. The van der Waals surface area contributed by atoms with Crippen molar-refractivity contribution >= 4 is 17.7 Å². The van der Waals surface area contributed by atoms with Gasteiger partial charge < -0.3 is 24.8 Å². The molecule has 1 aliphatic heterocycles. The van der Waals surface area contributed by atoms with Gasteiger partial charge in [0.2, 0.25) is 0 Å². The maximum atomic E-state index is 13.1. The molecule has 36 heavy (non-hydrogen) atoms. The van der Waals surface area contributed by atoms with Crippen LogP contribution in [0.5, 0.6) is 5.75 Å². The number of ether oxygens (including phenoxy) is 3. The normalized spacial score (nSPS) is 14.7. The molecule has 2 aliphatic rings. The van der Waals surface area contributed by atoms with Crippen molar-refractivity contribution in [1.82, 2.24) is 4.90 Å². The lowest BCUT2D eigenvalue weighted by atomic mass is 9.98. The highest BCUT2D eigenvalue weighted by Crippen LogP contribution is 2.44. The quantitative estimate of drug-likeness (QED) is 0.395. The van der Waals surface area contributed by atoms with Crippen molar-refractivity contribution in [2.45, 2.75) is 38.8 Å². The van der Waals surface area contributed by atoms with E-state index in [0.717, 1.165) is 0 Å². The third kappa shape index (κ3) is 4.61. The summed E-state index contributed by atoms with van der Waals surface area (Å²) in [5, 5.41) is 0. The number of benzene rings is 3. The number of hydrogen-bond acceptors (Lipinski definition) is 6. The van der Waals surface area contributed by atoms with E-state index in [2.05, 4.69) is 24.3 Å². The number of carbonyl (C=O) groups is 2. The minimum Gasteiger partial charge on any atom is -0.491 e. The molecule has 7 nitrogen and oxygen atoms in total. The van der Waals surface area contributed by atoms with Crippen LogP contribution >= 0.6 is 0 Å². The van der Waals surface area contributed by atoms with Gasteiger partial charge in [-0.05, 0) is 55.2 Å². The number of esters is 1. The van der Waals surface area contributed by atoms with Gasteiger partial charge in [-0.1, -0.05) is 48.5 Å². The molecule has 0 bridgehead atoms. The van der Waals surface area contributed by atoms with Crippen LogP contribution < -0.4 is 10.5 Å². The lowest BCUT2D eigenvalue weighted by Crippen LogP contribution is -2.33. The Hall–Kier alpha value is -4.00. The smallest absolute Gasteiger partial charge is 0.410 e. The van der Waals surface area contributed by atoms with Crippen molar-refractivity contribution in [2.75, 3.05) is 25.5 Å². The van der Waals surface area contributed by atoms with Gasteiger partial charge in [0, 0.05) is 17.2 Å². The monoisotopic (exact) mass is 486 g/mol. The number of nitrogen functional groups attached to an aromatic ring is 1. The van der Waals surface area contributed by atoms with Gasteiger partial charge in [0.15, 0.2) is 0 Å². The second kappa shape index (κ2) is 9.22. The predicted octanol–water partition coefficient (Wildman–Crippen LogP) is 5.37. The van der Waals surface area contributed by atoms with E-state index in [1.807, 2.05) is 24.3 Å². The highest BCUT2D eigenvalue weighted by molar-refractivity contribution is 5.96. The van der Waals surface area contributed by atoms with E-state index in [4.69, 9.17) is 19.9 Å². The zero-order chi connectivity index (χ0) is 25.4. The van der Waals surface area contributed by atoms with Crippen LogP contribution in [0, 0.1) is 0 Å². The van der Waals surface area contributed by atoms with Gasteiger partial charge in [-0.25, -0.2) is 9.59 Å². The number of anilines is 1. The van der Waals surface area contributed by atoms with Gasteiger partial charge in [-0.3, -0.25) is 0 Å². The Morgan fingerprint density at radius 2 is 1.67 bits per heavy atom. The third-order valence-corrected chi connectivity index (χ3v) is 6.43. The van der Waals surface area contributed by atoms with E-state index >= 15 is 0 Å². The molecule has 0 radical (unpaired) electrons. The van der Waals surface area contributed by atoms with Crippen molar-refractivity contribution in [3.05, 3.63) is 82.9 Å². The average molecular weight is 487 g/mol. The molecule has 1 amide bonds. The number of carbonyl (C=O) groups excluding carboxylic acids is 2. The van der Waals surface area contributed by atoms with Crippen LogP contribution in [0.3, 0.4) is 0 Å². The number of amides is 1. The van der Waals surface area contributed by atoms with E-state index in [-0.39, 0.29) is 36.9 Å². The number of nitrogens with two attached hydrogens (primary N) is 1. The molecule has 5 rings (SSSR count). The molecule has 0 unspecified atom stereocenters. The van der Waals surface area contributed by atoms with E-state index < -0.39 is 17.7 Å². The fourth-order valence-electron chi connectivity index (χ4n) is 4.80. The van der Waals surface area contributed by atoms with Crippen molar-refractivity contribution < 1.29 is 23.8 Å². The second-order valence-electron chi connectivity index (χ2n) is 10.1. The zero-order valence-corrected chi connectivity index (χ0v) is 20.7. The molecule has 0 atom stereocenters. The molecule has 3 aromatic rings. The first kappa shape index (κ1) is 23.7. The fraction of sp³-hybridized carbons (Fsp3) is 0.310. The van der Waals surface area contributed by atoms with Gasteiger partial charge >= 0.3 is 12.1 Å². The molecule has 3 aromatic carbocycles. The Morgan fingerprint density at radius 1 is 1.03 bits per heavy atom. The van der Waals surface area contributed by atoms with Crippen molar-refractivity contribution in [2.24, 2.45) is 0 Å². The number of nitrogens with zero attached hydrogens (tertiary/aromatic N) is 1. The summed E-state index contributed by atoms with van der Waals surface area (Å²) in [5.74, 6) is -0.00746. The van der Waals surface area contributed by atoms with Gasteiger partial charge in [0.1, 0.15) is 24.6 Å². The summed E-state index contributed by atoms with van der Waals surface area (Å²) in [4.78, 5) is 27.3. The molecule has 0 fully saturated rings. The SMILES string of the molecule is CC(C)(C)OC(=O)c1cc2c(cc1N)CN(C(=O)OCC1c3ccccc3-c3ccccc31)CCO2. The molecule has 2 N–H and O–H groups in total. The highest BCUT2D eigenvalue weighted by Gasteiger charge is 2.31. The molecule has 186 valence electrons. The first-order valence-electron chi connectivity index (χ1n) is 12.1. The van der Waals surface area contributed by atoms with Crippen LogP contribution in [0.25, 0.3) is 11.1 Å². The Morgan fingerprint density at radius 3 is 2.31 bits per heavy atom. The van der Waals surface area contributed by atoms with E-state index in [1.54, 1.807) is 37.8 Å². The molecule has 7 heteroatoms. The lowest BCUT2D eigenvalue weighted by molar-refractivity contribution is 0.00703. The van der Waals surface area contributed by atoms with E-state index in [1.165, 1.54) is 22.3 Å². The number of hydrogen-bond donors (Lipinski definition) is 1. The van der Waals surface area contributed by atoms with Gasteiger partial charge in [0.05, 0.1) is 18.7 Å². The second-order valence-corrected chi connectivity index (χ2v) is 10.1. The van der Waals surface area contributed by atoms with Crippen molar-refractivity contribution in [1.29, 1.82) is 0 Å². The van der Waals surface area contributed by atoms with Crippen LogP contribution in [0.15, 0.2) is 60.7 Å². The zero-order valence-electron chi connectivity index (χ0n) is 20.7. The maximum absolute atomic E-state index is 13.1. The Labute approximate surface area is 210 Å². The fourth-order valence-corrected chi connectivity index (χ4v) is 4.80. The summed E-state index contributed by atoms with van der Waals surface area (Å²) in [5.41, 5.74) is 11.5. The summed E-state index contributed by atoms with van der Waals surface area (Å²) in [6.07, 6.45) is -0.414. The van der Waals surface area contributed by atoms with Gasteiger partial charge in [0.25, 0.3) is 0 Å². The Bertz CT molecular complexity index is 1280. The predicted molar refractivity (Wildman–Crippen MR) is 137 cm³/mol. The van der Waals surface area contributed by atoms with Crippen molar-refractivity contribution in [3.63, 3.8) is 0 Å². The minimum absolute atomic E-state index is 0.0103. The minimum atomic E-state index is -0.641. The van der Waals surface area contributed by atoms with Crippen LogP contribution in [0.2, 0.25) is 0 Å². The van der Waals surface area contributed by atoms with Crippen LogP contribution in [-0.4, -0.2) is 42.3 Å². The van der Waals surface area contributed by atoms with Crippen LogP contribution in [-0.2, 0) is 16.0 Å². The lowest BCUT2D eigenvalue weighted by Gasteiger charge is -2.22. The first-order valence-corrected chi connectivity index (χ1v) is 12.1. The highest BCUT2D eigenvalue weighted by atomic mass is 16.6. The molecule has 0 saturated heterocycles. The molecular weight excluding hydrogens is 456 g/mol. The summed E-state index contributed by atoms with van der Waals surface area (Å²) >= 11 is 0. The van der Waals surface area contributed by atoms with E-state index in [0.29, 0.717) is 17.9 Å². The third-order valence-electron chi connectivity index (χ3n) is 6.43. The van der Waals surface area contributed by atoms with E-state index in [9.17, 15) is 9.59 Å². The molecular formula is C29H30N2O5. The van der Waals surface area contributed by atoms with Crippen LogP contribution in [0.4, 0.5) is 10.5 Å². The topological polar surface area (TPSA) is 91.1 Å². The standard InChI is InChI=1S/C29H30N2O5/c1-29(2,3)36-27(32)23-15-26-18(14-25(23)30)16-31(12-13-34-26)28(33)35-17-24-21-10-6-4-8-19(21)20-9-5-7-11-22(20)24/h4-11,14-15,24H,12-13,16-17,30H2,1-3H3. The first-order chi connectivity index (χ1) is 17.2.